The van der Waals surface area contributed by atoms with Crippen LogP contribution < -0.4 is 20.9 Å². The van der Waals surface area contributed by atoms with Crippen LogP contribution in [0.25, 0.3) is 0 Å². The number of rotatable bonds is 7. The fourth-order valence-electron chi connectivity index (χ4n) is 3.95. The van der Waals surface area contributed by atoms with Crippen molar-refractivity contribution < 1.29 is 18.0 Å². The Morgan fingerprint density at radius 1 is 1.00 bits per heavy atom. The third-order valence-electron chi connectivity index (χ3n) is 6.20. The molecule has 1 aliphatic carbocycles. The lowest BCUT2D eigenvalue weighted by molar-refractivity contribution is 0.102. The molecule has 1 saturated carbocycles. The highest BCUT2D eigenvalue weighted by Crippen LogP contribution is 2.29. The van der Waals surface area contributed by atoms with Crippen LogP contribution in [-0.2, 0) is 0 Å². The zero-order chi connectivity index (χ0) is 25.2. The van der Waals surface area contributed by atoms with Gasteiger partial charge in [-0.3, -0.25) is 4.79 Å². The number of benzene rings is 2. The molecule has 0 bridgehead atoms. The Balaban J connectivity index is 1.34. The minimum absolute atomic E-state index is 0.0340. The quantitative estimate of drug-likeness (QED) is 0.451. The molecule has 188 valence electrons. The average molecular weight is 498 g/mol. The maximum absolute atomic E-state index is 14.9. The summed E-state index contributed by atoms with van der Waals surface area (Å²) in [5.74, 6) is -2.51. The fraction of sp³-hybridized carbons (Fsp3) is 0.320. The molecule has 0 atom stereocenters. The van der Waals surface area contributed by atoms with E-state index >= 15 is 0 Å². The number of nitrogens with zero attached hydrogens (tertiary/aromatic N) is 4. The molecule has 1 aliphatic heterocycles. The summed E-state index contributed by atoms with van der Waals surface area (Å²) in [5.41, 5.74) is 0.483. The maximum Gasteiger partial charge on any atom is 0.261 e. The molecule has 2 heterocycles. The number of anilines is 5. The second kappa shape index (κ2) is 10.0. The van der Waals surface area contributed by atoms with E-state index in [9.17, 15) is 18.0 Å². The van der Waals surface area contributed by atoms with Crippen LogP contribution in [0.3, 0.4) is 0 Å². The molecule has 36 heavy (non-hydrogen) atoms. The lowest BCUT2D eigenvalue weighted by Crippen LogP contribution is -2.44. The van der Waals surface area contributed by atoms with Gasteiger partial charge < -0.3 is 25.8 Å². The van der Waals surface area contributed by atoms with Gasteiger partial charge in [0.2, 0.25) is 5.95 Å². The zero-order valence-corrected chi connectivity index (χ0v) is 19.7. The topological polar surface area (TPSA) is 85.4 Å². The number of halogens is 3. The van der Waals surface area contributed by atoms with Crippen molar-refractivity contribution >= 4 is 34.7 Å². The smallest absolute Gasteiger partial charge is 0.261 e. The molecule has 3 N–H and O–H groups in total. The van der Waals surface area contributed by atoms with Crippen LogP contribution in [0.5, 0.6) is 0 Å². The van der Waals surface area contributed by atoms with Crippen molar-refractivity contribution in [2.45, 2.75) is 18.9 Å². The molecule has 1 amide bonds. The Morgan fingerprint density at radius 3 is 2.39 bits per heavy atom. The van der Waals surface area contributed by atoms with Crippen LogP contribution in [0.15, 0.2) is 42.6 Å². The first-order valence-electron chi connectivity index (χ1n) is 11.8. The van der Waals surface area contributed by atoms with E-state index in [0.29, 0.717) is 11.4 Å². The van der Waals surface area contributed by atoms with Gasteiger partial charge in [-0.15, -0.1) is 0 Å². The lowest BCUT2D eigenvalue weighted by Gasteiger charge is -2.34. The van der Waals surface area contributed by atoms with E-state index in [2.05, 4.69) is 30.8 Å². The van der Waals surface area contributed by atoms with Gasteiger partial charge in [-0.25, -0.2) is 18.2 Å². The molecule has 11 heteroatoms. The summed E-state index contributed by atoms with van der Waals surface area (Å²) in [7, 11) is 2.04. The first-order chi connectivity index (χ1) is 17.4. The first kappa shape index (κ1) is 23.9. The van der Waals surface area contributed by atoms with E-state index < -0.39 is 23.2 Å². The van der Waals surface area contributed by atoms with E-state index in [4.69, 9.17) is 0 Å². The monoisotopic (exact) mass is 497 g/mol. The molecule has 0 radical (unpaired) electrons. The minimum Gasteiger partial charge on any atom is -0.367 e. The van der Waals surface area contributed by atoms with Gasteiger partial charge in [0.15, 0.2) is 0 Å². The van der Waals surface area contributed by atoms with Crippen molar-refractivity contribution in [1.82, 2.24) is 14.9 Å². The predicted octanol–water partition coefficient (Wildman–Crippen LogP) is 4.22. The van der Waals surface area contributed by atoms with Crippen molar-refractivity contribution in [2.75, 3.05) is 54.1 Å². The molecule has 0 spiro atoms. The third kappa shape index (κ3) is 5.35. The molecule has 2 aromatic carbocycles. The van der Waals surface area contributed by atoms with E-state index in [1.165, 1.54) is 18.3 Å². The molecular formula is C25H26F3N7O. The van der Waals surface area contributed by atoms with Gasteiger partial charge in [0, 0.05) is 44.1 Å². The van der Waals surface area contributed by atoms with E-state index in [0.717, 1.165) is 51.2 Å². The highest BCUT2D eigenvalue weighted by molar-refractivity contribution is 6.07. The van der Waals surface area contributed by atoms with Crippen LogP contribution in [-0.4, -0.2) is 60.0 Å². The molecule has 0 unspecified atom stereocenters. The second-order valence-corrected chi connectivity index (χ2v) is 9.01. The summed E-state index contributed by atoms with van der Waals surface area (Å²) in [5, 5.41) is 8.38. The molecule has 5 rings (SSSR count). The molecule has 1 saturated heterocycles. The number of carbonyl (C=O) groups is 1. The number of amides is 1. The number of likely N-dealkylation sites (N-methyl/N-ethyl adjacent to an activating group) is 1. The van der Waals surface area contributed by atoms with Gasteiger partial charge in [-0.2, -0.15) is 4.98 Å². The molecular weight excluding hydrogens is 471 g/mol. The van der Waals surface area contributed by atoms with Crippen molar-refractivity contribution in [3.8, 4) is 0 Å². The van der Waals surface area contributed by atoms with Crippen LogP contribution in [0.1, 0.15) is 23.2 Å². The lowest BCUT2D eigenvalue weighted by atomic mass is 10.2. The van der Waals surface area contributed by atoms with Gasteiger partial charge in [0.25, 0.3) is 5.91 Å². The van der Waals surface area contributed by atoms with Gasteiger partial charge in [0.05, 0.1) is 5.69 Å². The van der Waals surface area contributed by atoms with E-state index in [-0.39, 0.29) is 29.2 Å². The fourth-order valence-corrected chi connectivity index (χ4v) is 3.95. The van der Waals surface area contributed by atoms with Gasteiger partial charge >= 0.3 is 0 Å². The van der Waals surface area contributed by atoms with Gasteiger partial charge in [-0.1, -0.05) is 6.07 Å². The minimum atomic E-state index is -0.888. The van der Waals surface area contributed by atoms with Gasteiger partial charge in [0.1, 0.15) is 34.5 Å². The predicted molar refractivity (Wildman–Crippen MR) is 132 cm³/mol. The standard InChI is InChI=1S/C25H26F3N7O/c1-34-9-11-35(12-10-34)21-8-7-16(13-20(21)28)31-25-29-14-17(23(33-25)30-15-5-6-15)24(36)32-22-18(26)3-2-4-19(22)27/h2-4,7-8,13-15H,5-6,9-12H2,1H3,(H,32,36)(H2,29,30,31,33). The van der Waals surface area contributed by atoms with Crippen molar-refractivity contribution in [2.24, 2.45) is 0 Å². The third-order valence-corrected chi connectivity index (χ3v) is 6.20. The molecule has 2 fully saturated rings. The Morgan fingerprint density at radius 2 is 1.72 bits per heavy atom. The summed E-state index contributed by atoms with van der Waals surface area (Å²) in [6, 6.07) is 8.31. The Hall–Kier alpha value is -3.86. The largest absolute Gasteiger partial charge is 0.367 e. The number of carbonyl (C=O) groups excluding carboxylic acids is 1. The van der Waals surface area contributed by atoms with Crippen LogP contribution in [0.2, 0.25) is 0 Å². The number of para-hydroxylation sites is 1. The van der Waals surface area contributed by atoms with Crippen molar-refractivity contribution in [1.29, 1.82) is 0 Å². The summed E-state index contributed by atoms with van der Waals surface area (Å²) >= 11 is 0. The van der Waals surface area contributed by atoms with E-state index in [1.54, 1.807) is 12.1 Å². The van der Waals surface area contributed by atoms with Crippen LogP contribution in [0.4, 0.5) is 42.0 Å². The first-order valence-corrected chi connectivity index (χ1v) is 11.8. The average Bonchev–Trinajstić information content (AvgIpc) is 3.67. The Kier molecular flexibility index (Phi) is 6.64. The SMILES string of the molecule is CN1CCN(c2ccc(Nc3ncc(C(=O)Nc4c(F)cccc4F)c(NC4CC4)n3)cc2F)CC1. The molecule has 2 aliphatic rings. The highest BCUT2D eigenvalue weighted by atomic mass is 19.1. The van der Waals surface area contributed by atoms with Crippen molar-refractivity contribution in [3.05, 3.63) is 65.6 Å². The van der Waals surface area contributed by atoms with Crippen LogP contribution in [0, 0.1) is 17.5 Å². The number of piperazine rings is 1. The normalized spacial score (nSPS) is 16.1. The molecule has 8 nitrogen and oxygen atoms in total. The van der Waals surface area contributed by atoms with Crippen molar-refractivity contribution in [3.63, 3.8) is 0 Å². The number of nitrogens with one attached hydrogen (secondary N) is 3. The maximum atomic E-state index is 14.9. The summed E-state index contributed by atoms with van der Waals surface area (Å²) in [6.07, 6.45) is 3.09. The van der Waals surface area contributed by atoms with Gasteiger partial charge in [-0.05, 0) is 50.2 Å². The number of hydrogen-bond acceptors (Lipinski definition) is 7. The highest BCUT2D eigenvalue weighted by Gasteiger charge is 2.26. The number of aromatic nitrogens is 2. The summed E-state index contributed by atoms with van der Waals surface area (Å²) in [4.78, 5) is 25.6. The Labute approximate surface area is 206 Å². The molecule has 1 aromatic heterocycles. The summed E-state index contributed by atoms with van der Waals surface area (Å²) in [6.45, 7) is 3.24. The molecule has 3 aromatic rings. The number of hydrogen-bond donors (Lipinski definition) is 3. The summed E-state index contributed by atoms with van der Waals surface area (Å²) < 4.78 is 42.9. The Bertz CT molecular complexity index is 1260. The van der Waals surface area contributed by atoms with E-state index in [1.807, 2.05) is 11.9 Å². The second-order valence-electron chi connectivity index (χ2n) is 9.01. The zero-order valence-electron chi connectivity index (χ0n) is 19.7. The van der Waals surface area contributed by atoms with Crippen LogP contribution >= 0.6 is 0 Å².